The molecule has 5 N–H and O–H groups in total. The molecule has 3 aromatic heterocycles. The Kier molecular flexibility index (Phi) is 4.74. The monoisotopic (exact) mass is 409 g/mol. The number of aromatic nitrogens is 5. The molecular weight excluding hydrogens is 390 g/mol. The molecule has 0 aliphatic carbocycles. The Labute approximate surface area is 170 Å². The number of nitrogens with one attached hydrogen (secondary N) is 1. The first-order valence-electron chi connectivity index (χ1n) is 9.14. The van der Waals surface area contributed by atoms with E-state index in [4.69, 9.17) is 16.3 Å². The zero-order valence-corrected chi connectivity index (χ0v) is 16.1. The average Bonchev–Trinajstić information content (AvgIpc) is 3.33. The second-order valence-electron chi connectivity index (χ2n) is 6.77. The molecule has 3 aromatic rings. The van der Waals surface area contributed by atoms with E-state index in [2.05, 4.69) is 30.5 Å². The van der Waals surface area contributed by atoms with E-state index in [9.17, 15) is 9.59 Å². The van der Waals surface area contributed by atoms with Gasteiger partial charge in [0.1, 0.15) is 5.82 Å². The predicted molar refractivity (Wildman–Crippen MR) is 106 cm³/mol. The van der Waals surface area contributed by atoms with E-state index in [-0.39, 0.29) is 12.8 Å². The molecule has 0 bridgehead atoms. The molecule has 12 heteroatoms. The van der Waals surface area contributed by atoms with E-state index in [0.717, 1.165) is 0 Å². The molecule has 1 atom stereocenters. The maximum absolute atomic E-state index is 12.0. The Morgan fingerprint density at radius 2 is 2.07 bits per heavy atom. The van der Waals surface area contributed by atoms with Crippen LogP contribution in [-0.4, -0.2) is 47.9 Å². The number of carbonyl (C=O) groups excluding carboxylic acids is 2. The van der Waals surface area contributed by atoms with Crippen LogP contribution in [0.4, 0.5) is 11.5 Å². The fourth-order valence-electron chi connectivity index (χ4n) is 3.32. The van der Waals surface area contributed by atoms with Gasteiger partial charge in [-0.15, -0.1) is 0 Å². The largest absolute Gasteiger partial charge is 0.378 e. The molecule has 0 spiro atoms. The number of aryl methyl sites for hydroxylation is 1. The Morgan fingerprint density at radius 1 is 1.23 bits per heavy atom. The van der Waals surface area contributed by atoms with Crippen molar-refractivity contribution in [2.75, 3.05) is 5.32 Å². The van der Waals surface area contributed by atoms with Crippen molar-refractivity contribution in [2.45, 2.75) is 31.9 Å². The molecule has 0 saturated heterocycles. The summed E-state index contributed by atoms with van der Waals surface area (Å²) in [4.78, 5) is 41.6. The molecule has 0 fully saturated rings. The number of primary amides is 2. The van der Waals surface area contributed by atoms with Crippen LogP contribution in [0.2, 0.25) is 0 Å². The molecule has 0 radical (unpaired) electrons. The number of hydrogen-bond acceptors (Lipinski definition) is 9. The molecule has 0 saturated carbocycles. The fourth-order valence-corrected chi connectivity index (χ4v) is 3.32. The highest BCUT2D eigenvalue weighted by atomic mass is 16.7. The lowest BCUT2D eigenvalue weighted by Crippen LogP contribution is -2.47. The van der Waals surface area contributed by atoms with Crippen molar-refractivity contribution in [2.24, 2.45) is 16.6 Å². The molecule has 1 aliphatic heterocycles. The zero-order chi connectivity index (χ0) is 21.3. The van der Waals surface area contributed by atoms with Crippen LogP contribution in [0.3, 0.4) is 0 Å². The molecular formula is C18H19N9O3. The number of nitrogens with zero attached hydrogens (tertiary/aromatic N) is 6. The lowest BCUT2D eigenvalue weighted by atomic mass is 9.90. The number of hydrogen-bond donors (Lipinski definition) is 3. The van der Waals surface area contributed by atoms with E-state index < -0.39 is 17.4 Å². The number of nitrogens with two attached hydrogens (primary N) is 2. The molecule has 0 aromatic carbocycles. The summed E-state index contributed by atoms with van der Waals surface area (Å²) in [5.74, 6) is -1.05. The first-order valence-corrected chi connectivity index (χ1v) is 9.14. The number of fused-ring (bicyclic) bond motifs is 1. The zero-order valence-electron chi connectivity index (χ0n) is 16.1. The minimum absolute atomic E-state index is 0.0322. The third-order valence-electron chi connectivity index (χ3n) is 4.79. The third-order valence-corrected chi connectivity index (χ3v) is 4.79. The van der Waals surface area contributed by atoms with Crippen LogP contribution in [0.1, 0.15) is 25.3 Å². The number of anilines is 2. The Hall–Kier alpha value is -4.09. The van der Waals surface area contributed by atoms with Crippen LogP contribution in [0.15, 0.2) is 36.1 Å². The summed E-state index contributed by atoms with van der Waals surface area (Å²) in [6.45, 7) is 2.59. The van der Waals surface area contributed by atoms with Crippen LogP contribution in [0.5, 0.6) is 0 Å². The summed E-state index contributed by atoms with van der Waals surface area (Å²) in [6, 6.07) is 0. The Bertz CT molecular complexity index is 1160. The lowest BCUT2D eigenvalue weighted by Gasteiger charge is -2.21. The van der Waals surface area contributed by atoms with Gasteiger partial charge in [-0.25, -0.2) is 14.6 Å². The summed E-state index contributed by atoms with van der Waals surface area (Å²) < 4.78 is 1.74. The van der Waals surface area contributed by atoms with Crippen molar-refractivity contribution in [1.29, 1.82) is 0 Å². The van der Waals surface area contributed by atoms with E-state index in [1.54, 1.807) is 35.7 Å². The van der Waals surface area contributed by atoms with E-state index >= 15 is 0 Å². The van der Waals surface area contributed by atoms with Crippen LogP contribution >= 0.6 is 0 Å². The van der Waals surface area contributed by atoms with E-state index in [1.165, 1.54) is 0 Å². The number of pyridine rings is 1. The average molecular weight is 409 g/mol. The highest BCUT2D eigenvalue weighted by Gasteiger charge is 2.47. The minimum Gasteiger partial charge on any atom is -0.378 e. The van der Waals surface area contributed by atoms with Gasteiger partial charge in [0.25, 0.3) is 5.91 Å². The van der Waals surface area contributed by atoms with E-state index in [1.807, 2.05) is 6.92 Å². The number of carbonyl (C=O) groups is 2. The Morgan fingerprint density at radius 3 is 2.73 bits per heavy atom. The fraction of sp³-hybridized carbons (Fsp3) is 0.278. The number of oxime groups is 1. The first-order chi connectivity index (χ1) is 14.4. The van der Waals surface area contributed by atoms with Crippen molar-refractivity contribution >= 4 is 40.1 Å². The van der Waals surface area contributed by atoms with Gasteiger partial charge in [-0.05, 0) is 6.92 Å². The van der Waals surface area contributed by atoms with Gasteiger partial charge < -0.3 is 21.6 Å². The number of rotatable bonds is 7. The smallest absolute Gasteiger partial charge is 0.265 e. The van der Waals surface area contributed by atoms with Crippen LogP contribution < -0.4 is 16.8 Å². The maximum atomic E-state index is 12.0. The van der Waals surface area contributed by atoms with Gasteiger partial charge >= 0.3 is 0 Å². The van der Waals surface area contributed by atoms with Gasteiger partial charge in [-0.2, -0.15) is 5.10 Å². The highest BCUT2D eigenvalue weighted by Crippen LogP contribution is 2.35. The summed E-state index contributed by atoms with van der Waals surface area (Å²) in [7, 11) is 0. The second kappa shape index (κ2) is 7.39. The lowest BCUT2D eigenvalue weighted by molar-refractivity contribution is -0.145. The van der Waals surface area contributed by atoms with Gasteiger partial charge in [0.2, 0.25) is 11.5 Å². The van der Waals surface area contributed by atoms with Crippen LogP contribution in [0.25, 0.3) is 11.0 Å². The molecule has 4 heterocycles. The minimum atomic E-state index is -1.63. The normalized spacial score (nSPS) is 18.1. The SMILES string of the molecule is CCn1ncc2c(Nc3cnccn3)c(C3=NOC(CC(N)=O)(C(N)=O)C3)cnc21. The van der Waals surface area contributed by atoms with Crippen molar-refractivity contribution < 1.29 is 14.4 Å². The molecule has 12 nitrogen and oxygen atoms in total. The van der Waals surface area contributed by atoms with Gasteiger partial charge in [0.05, 0.1) is 35.6 Å². The van der Waals surface area contributed by atoms with Gasteiger partial charge in [-0.3, -0.25) is 14.6 Å². The van der Waals surface area contributed by atoms with E-state index in [0.29, 0.717) is 40.4 Å². The van der Waals surface area contributed by atoms with Crippen LogP contribution in [0, 0.1) is 0 Å². The summed E-state index contributed by atoms with van der Waals surface area (Å²) in [6.07, 6.45) is 7.53. The maximum Gasteiger partial charge on any atom is 0.265 e. The van der Waals surface area contributed by atoms with Crippen molar-refractivity contribution in [3.05, 3.63) is 36.5 Å². The molecule has 154 valence electrons. The molecule has 1 unspecified atom stereocenters. The van der Waals surface area contributed by atoms with Crippen LogP contribution in [-0.2, 0) is 21.0 Å². The quantitative estimate of drug-likeness (QED) is 0.496. The highest BCUT2D eigenvalue weighted by molar-refractivity contribution is 6.13. The van der Waals surface area contributed by atoms with Crippen molar-refractivity contribution in [3.63, 3.8) is 0 Å². The van der Waals surface area contributed by atoms with Crippen molar-refractivity contribution in [1.82, 2.24) is 24.7 Å². The summed E-state index contributed by atoms with van der Waals surface area (Å²) >= 11 is 0. The van der Waals surface area contributed by atoms with Crippen molar-refractivity contribution in [3.8, 4) is 0 Å². The molecule has 4 rings (SSSR count). The van der Waals surface area contributed by atoms with Gasteiger partial charge in [0, 0.05) is 37.1 Å². The summed E-state index contributed by atoms with van der Waals surface area (Å²) in [5, 5.41) is 12.3. The van der Waals surface area contributed by atoms with Gasteiger partial charge in [-0.1, -0.05) is 5.16 Å². The predicted octanol–water partition coefficient (Wildman–Crippen LogP) is 0.209. The molecule has 2 amide bonds. The molecule has 30 heavy (non-hydrogen) atoms. The summed E-state index contributed by atoms with van der Waals surface area (Å²) in [5.41, 5.74) is 11.3. The second-order valence-corrected chi connectivity index (χ2v) is 6.77. The van der Waals surface area contributed by atoms with Gasteiger partial charge in [0.15, 0.2) is 5.65 Å². The Balaban J connectivity index is 1.80. The standard InChI is InChI=1S/C18H19N9O3/c1-2-27-16-11(8-24-27)15(25-14-9-21-3-4-22-14)10(7-23-16)12-5-18(17(20)29,30-26-12)6-13(19)28/h3-4,7-9H,2,5-6H2,1H3,(H2,19,28)(H2,20,29)(H,22,23,25). The topological polar surface area (TPSA) is 176 Å². The first kappa shape index (κ1) is 19.2. The third kappa shape index (κ3) is 3.27. The molecule has 1 aliphatic rings. The number of amides is 2.